The van der Waals surface area contributed by atoms with Gasteiger partial charge in [0.2, 0.25) is 11.8 Å². The molecule has 3 rings (SSSR count). The van der Waals surface area contributed by atoms with Crippen LogP contribution in [0.3, 0.4) is 0 Å². The van der Waals surface area contributed by atoms with Crippen molar-refractivity contribution in [1.29, 1.82) is 0 Å². The molecular weight excluding hydrogens is 525 g/mol. The normalized spacial score (nSPS) is 16.9. The second-order valence-electron chi connectivity index (χ2n) is 9.45. The Balaban J connectivity index is 2.23. The predicted molar refractivity (Wildman–Crippen MR) is 123 cm³/mol. The Hall–Kier alpha value is -3.20. The molecule has 2 aromatic heterocycles. The van der Waals surface area contributed by atoms with Crippen molar-refractivity contribution in [3.63, 3.8) is 0 Å². The van der Waals surface area contributed by atoms with Crippen molar-refractivity contribution in [2.45, 2.75) is 62.7 Å². The Bertz CT molecular complexity index is 1330. The van der Waals surface area contributed by atoms with Crippen molar-refractivity contribution >= 4 is 33.3 Å². The van der Waals surface area contributed by atoms with E-state index in [-0.39, 0.29) is 5.69 Å². The van der Waals surface area contributed by atoms with Crippen LogP contribution in [0.15, 0.2) is 35.6 Å². The molecule has 2 N–H and O–H groups in total. The largest absolute Gasteiger partial charge is 0.417 e. The molecule has 2 aromatic rings. The third-order valence-electron chi connectivity index (χ3n) is 5.53. The van der Waals surface area contributed by atoms with Gasteiger partial charge in [0.1, 0.15) is 5.82 Å². The van der Waals surface area contributed by atoms with Gasteiger partial charge in [0.25, 0.3) is 15.9 Å². The van der Waals surface area contributed by atoms with Crippen LogP contribution in [-0.2, 0) is 21.0 Å². The fourth-order valence-electron chi connectivity index (χ4n) is 3.78. The van der Waals surface area contributed by atoms with E-state index in [0.717, 1.165) is 22.1 Å². The van der Waals surface area contributed by atoms with Gasteiger partial charge in [-0.3, -0.25) is 14.5 Å². The first-order valence-corrected chi connectivity index (χ1v) is 12.4. The SMILES string of the molecule is CC(C)(C)N(C(=O)c1cc(C(F)(F)F)cnc1N1CCC(F)(F)CCC1=O)c1ccnc(S(N)(=O)=O)c1. The number of nitrogens with zero attached hydrogens (tertiary/aromatic N) is 4. The number of hydrogen-bond acceptors (Lipinski definition) is 6. The number of rotatable bonds is 4. The molecular formula is C22H24F5N5O4S. The number of primary sulfonamides is 1. The van der Waals surface area contributed by atoms with E-state index in [1.807, 2.05) is 0 Å². The molecule has 0 bridgehead atoms. The van der Waals surface area contributed by atoms with Crippen LogP contribution in [0.1, 0.15) is 56.0 Å². The van der Waals surface area contributed by atoms with Gasteiger partial charge >= 0.3 is 6.18 Å². The molecule has 0 aliphatic carbocycles. The first-order valence-electron chi connectivity index (χ1n) is 10.9. The molecule has 1 fully saturated rings. The van der Waals surface area contributed by atoms with Gasteiger partial charge in [-0.05, 0) is 32.9 Å². The highest BCUT2D eigenvalue weighted by molar-refractivity contribution is 7.89. The monoisotopic (exact) mass is 549 g/mol. The molecule has 0 unspecified atom stereocenters. The van der Waals surface area contributed by atoms with Gasteiger partial charge in [0, 0.05) is 55.5 Å². The average molecular weight is 550 g/mol. The number of nitrogens with two attached hydrogens (primary N) is 1. The van der Waals surface area contributed by atoms with Crippen LogP contribution in [0.5, 0.6) is 0 Å². The fraction of sp³-hybridized carbons (Fsp3) is 0.455. The molecule has 3 heterocycles. The summed E-state index contributed by atoms with van der Waals surface area (Å²) >= 11 is 0. The topological polar surface area (TPSA) is 127 Å². The van der Waals surface area contributed by atoms with Gasteiger partial charge in [0.05, 0.1) is 11.1 Å². The highest BCUT2D eigenvalue weighted by Crippen LogP contribution is 2.36. The zero-order valence-corrected chi connectivity index (χ0v) is 20.8. The number of aromatic nitrogens is 2. The van der Waals surface area contributed by atoms with Crippen molar-refractivity contribution in [1.82, 2.24) is 9.97 Å². The lowest BCUT2D eigenvalue weighted by atomic mass is 10.0. The van der Waals surface area contributed by atoms with Crippen molar-refractivity contribution < 1.29 is 40.0 Å². The molecule has 0 aromatic carbocycles. The first kappa shape index (κ1) is 28.4. The number of alkyl halides is 5. The minimum absolute atomic E-state index is 0.0754. The molecule has 0 atom stereocenters. The Labute approximate surface area is 209 Å². The highest BCUT2D eigenvalue weighted by atomic mass is 32.2. The minimum Gasteiger partial charge on any atom is -0.303 e. The van der Waals surface area contributed by atoms with Gasteiger partial charge in [-0.2, -0.15) is 13.2 Å². The number of carbonyl (C=O) groups is 2. The minimum atomic E-state index is -4.92. The van der Waals surface area contributed by atoms with E-state index in [2.05, 4.69) is 9.97 Å². The van der Waals surface area contributed by atoms with Crippen molar-refractivity contribution in [2.75, 3.05) is 16.3 Å². The summed E-state index contributed by atoms with van der Waals surface area (Å²) in [5.41, 5.74) is -3.22. The van der Waals surface area contributed by atoms with E-state index in [1.54, 1.807) is 0 Å². The molecule has 202 valence electrons. The Morgan fingerprint density at radius 2 is 1.78 bits per heavy atom. The third-order valence-corrected chi connectivity index (χ3v) is 6.34. The van der Waals surface area contributed by atoms with Crippen LogP contribution in [0, 0.1) is 0 Å². The Kier molecular flexibility index (Phi) is 7.36. The van der Waals surface area contributed by atoms with E-state index in [4.69, 9.17) is 5.14 Å². The molecule has 1 aliphatic heterocycles. The number of carbonyl (C=O) groups excluding carboxylic acids is 2. The predicted octanol–water partition coefficient (Wildman–Crippen LogP) is 3.74. The quantitative estimate of drug-likeness (QED) is 0.579. The number of sulfonamides is 1. The number of hydrogen-bond donors (Lipinski definition) is 1. The van der Waals surface area contributed by atoms with Crippen LogP contribution >= 0.6 is 0 Å². The second kappa shape index (κ2) is 9.59. The van der Waals surface area contributed by atoms with Crippen molar-refractivity contribution in [3.05, 3.63) is 41.7 Å². The molecule has 0 spiro atoms. The first-order chi connectivity index (χ1) is 16.8. The lowest BCUT2D eigenvalue weighted by Gasteiger charge is -2.36. The van der Waals surface area contributed by atoms with Crippen LogP contribution < -0.4 is 14.9 Å². The fourth-order valence-corrected chi connectivity index (χ4v) is 4.28. The van der Waals surface area contributed by atoms with Crippen LogP contribution in [-0.4, -0.2) is 48.2 Å². The van der Waals surface area contributed by atoms with E-state index < -0.39 is 87.3 Å². The van der Waals surface area contributed by atoms with E-state index in [0.29, 0.717) is 12.3 Å². The maximum Gasteiger partial charge on any atom is 0.417 e. The van der Waals surface area contributed by atoms with E-state index in [9.17, 15) is 40.0 Å². The van der Waals surface area contributed by atoms with Gasteiger partial charge in [-0.25, -0.2) is 32.3 Å². The molecule has 15 heteroatoms. The lowest BCUT2D eigenvalue weighted by Crippen LogP contribution is -2.47. The number of pyridine rings is 2. The molecule has 0 radical (unpaired) electrons. The molecule has 1 saturated heterocycles. The summed E-state index contributed by atoms with van der Waals surface area (Å²) in [4.78, 5) is 35.6. The van der Waals surface area contributed by atoms with Crippen molar-refractivity contribution in [3.8, 4) is 0 Å². The van der Waals surface area contributed by atoms with Crippen LogP contribution in [0.4, 0.5) is 33.5 Å². The summed E-state index contributed by atoms with van der Waals surface area (Å²) < 4.78 is 92.2. The summed E-state index contributed by atoms with van der Waals surface area (Å²) in [5, 5.41) is 4.53. The van der Waals surface area contributed by atoms with Crippen LogP contribution in [0.2, 0.25) is 0 Å². The maximum atomic E-state index is 14.0. The molecule has 0 saturated carbocycles. The summed E-state index contributed by atoms with van der Waals surface area (Å²) in [6, 6.07) is 2.70. The summed E-state index contributed by atoms with van der Waals surface area (Å²) in [7, 11) is -4.30. The zero-order valence-electron chi connectivity index (χ0n) is 20.0. The highest BCUT2D eigenvalue weighted by Gasteiger charge is 2.40. The number of anilines is 2. The van der Waals surface area contributed by atoms with Crippen molar-refractivity contribution in [2.24, 2.45) is 5.14 Å². The summed E-state index contributed by atoms with van der Waals surface area (Å²) in [6.45, 7) is 4.01. The molecule has 1 aliphatic rings. The number of amides is 2. The lowest BCUT2D eigenvalue weighted by molar-refractivity contribution is -0.137. The summed E-state index contributed by atoms with van der Waals surface area (Å²) in [5.74, 6) is -5.62. The molecule has 37 heavy (non-hydrogen) atoms. The third kappa shape index (κ3) is 6.39. The second-order valence-corrected chi connectivity index (χ2v) is 11.0. The van der Waals surface area contributed by atoms with E-state index >= 15 is 0 Å². The summed E-state index contributed by atoms with van der Waals surface area (Å²) in [6.07, 6.45) is -5.59. The number of halogens is 5. The van der Waals surface area contributed by atoms with E-state index in [1.165, 1.54) is 26.8 Å². The zero-order chi connectivity index (χ0) is 28.0. The standard InChI is InChI=1S/C22H24F5N5O4S/c1-20(2,3)32(14-5-8-29-16(11-14)37(28,35)36)19(34)15-10-13(22(25,26)27)12-30-18(15)31-9-7-21(23,24)6-4-17(31)33/h5,8,10-12H,4,6-7,9H2,1-3H3,(H2,28,35,36). The van der Waals surface area contributed by atoms with Gasteiger partial charge < -0.3 is 4.90 Å². The Morgan fingerprint density at radius 3 is 2.35 bits per heavy atom. The van der Waals surface area contributed by atoms with Gasteiger partial charge in [0.15, 0.2) is 5.03 Å². The maximum absolute atomic E-state index is 14.0. The average Bonchev–Trinajstić information content (AvgIpc) is 2.89. The van der Waals surface area contributed by atoms with Crippen LogP contribution in [0.25, 0.3) is 0 Å². The molecule has 2 amide bonds. The molecule has 9 nitrogen and oxygen atoms in total. The van der Waals surface area contributed by atoms with Gasteiger partial charge in [-0.1, -0.05) is 0 Å². The van der Waals surface area contributed by atoms with Gasteiger partial charge in [-0.15, -0.1) is 0 Å². The Morgan fingerprint density at radius 1 is 1.14 bits per heavy atom. The smallest absolute Gasteiger partial charge is 0.303 e.